The first-order valence-corrected chi connectivity index (χ1v) is 4.44. The minimum Gasteiger partial charge on any atom is -0.383 e. The van der Waals surface area contributed by atoms with Crippen molar-refractivity contribution in [3.63, 3.8) is 0 Å². The number of methoxy groups -OCH3 is 1. The number of nitrogens with zero attached hydrogens (tertiary/aromatic N) is 1. The monoisotopic (exact) mass is 217 g/mol. The Labute approximate surface area is 86.4 Å². The molecule has 0 aliphatic carbocycles. The van der Waals surface area contributed by atoms with Crippen LogP contribution < -0.4 is 11.1 Å². The Morgan fingerprint density at radius 1 is 1.60 bits per heavy atom. The number of hydrogen-bond donors (Lipinski definition) is 2. The predicted molar refractivity (Wildman–Crippen MR) is 52.5 cm³/mol. The summed E-state index contributed by atoms with van der Waals surface area (Å²) in [6, 6.07) is 0.512. The van der Waals surface area contributed by atoms with Crippen molar-refractivity contribution in [1.82, 2.24) is 4.98 Å². The molecule has 0 saturated carbocycles. The van der Waals surface area contributed by atoms with E-state index in [1.54, 1.807) is 0 Å². The number of aromatic nitrogens is 1. The van der Waals surface area contributed by atoms with Gasteiger partial charge in [-0.2, -0.15) is 0 Å². The van der Waals surface area contributed by atoms with Crippen LogP contribution in [0.5, 0.6) is 0 Å². The maximum absolute atomic E-state index is 13.1. The summed E-state index contributed by atoms with van der Waals surface area (Å²) in [5.41, 5.74) is 5.42. The van der Waals surface area contributed by atoms with Crippen LogP contribution in [0.25, 0.3) is 0 Å². The van der Waals surface area contributed by atoms with E-state index in [2.05, 4.69) is 10.3 Å². The fraction of sp³-hybridized carbons (Fsp3) is 0.444. The molecule has 1 aromatic heterocycles. The molecule has 1 aromatic rings. The summed E-state index contributed by atoms with van der Waals surface area (Å²) in [5, 5.41) is 2.72. The van der Waals surface area contributed by atoms with E-state index in [9.17, 15) is 8.78 Å². The molecule has 4 nitrogen and oxygen atoms in total. The minimum absolute atomic E-state index is 0.0242. The molecule has 6 heteroatoms. The minimum atomic E-state index is -0.746. The van der Waals surface area contributed by atoms with E-state index < -0.39 is 11.6 Å². The van der Waals surface area contributed by atoms with Crippen LogP contribution in [-0.2, 0) is 4.74 Å². The smallest absolute Gasteiger partial charge is 0.168 e. The van der Waals surface area contributed by atoms with Gasteiger partial charge in [0.05, 0.1) is 18.8 Å². The number of nitrogens with two attached hydrogens (primary N) is 1. The molecule has 0 bridgehead atoms. The molecule has 0 amide bonds. The number of nitrogens with one attached hydrogen (secondary N) is 1. The van der Waals surface area contributed by atoms with E-state index in [1.165, 1.54) is 7.11 Å². The van der Waals surface area contributed by atoms with Crippen molar-refractivity contribution in [3.8, 4) is 0 Å². The van der Waals surface area contributed by atoms with Crippen molar-refractivity contribution >= 4 is 5.82 Å². The molecule has 0 saturated heterocycles. The Bertz CT molecular complexity index is 322. The molecule has 1 unspecified atom stereocenters. The Morgan fingerprint density at radius 3 is 2.87 bits per heavy atom. The largest absolute Gasteiger partial charge is 0.383 e. The molecule has 1 heterocycles. The van der Waals surface area contributed by atoms with Gasteiger partial charge in [-0.25, -0.2) is 13.8 Å². The summed E-state index contributed by atoms with van der Waals surface area (Å²) in [4.78, 5) is 3.58. The molecule has 0 aliphatic rings. The topological polar surface area (TPSA) is 60.2 Å². The molecule has 1 atom stereocenters. The van der Waals surface area contributed by atoms with Gasteiger partial charge < -0.3 is 15.8 Å². The zero-order chi connectivity index (χ0) is 11.3. The number of hydrogen-bond acceptors (Lipinski definition) is 4. The van der Waals surface area contributed by atoms with Crippen LogP contribution in [-0.4, -0.2) is 31.3 Å². The van der Waals surface area contributed by atoms with E-state index in [4.69, 9.17) is 10.5 Å². The van der Waals surface area contributed by atoms with Gasteiger partial charge in [-0.15, -0.1) is 0 Å². The highest BCUT2D eigenvalue weighted by Crippen LogP contribution is 2.11. The van der Waals surface area contributed by atoms with Gasteiger partial charge in [0.1, 0.15) is 5.82 Å². The summed E-state index contributed by atoms with van der Waals surface area (Å²) in [6.45, 7) is 0.599. The van der Waals surface area contributed by atoms with E-state index in [0.717, 1.165) is 12.3 Å². The van der Waals surface area contributed by atoms with E-state index in [0.29, 0.717) is 6.61 Å². The molecule has 3 N–H and O–H groups in total. The highest BCUT2D eigenvalue weighted by Gasteiger charge is 2.10. The molecule has 15 heavy (non-hydrogen) atoms. The normalized spacial score (nSPS) is 12.5. The summed E-state index contributed by atoms with van der Waals surface area (Å²) >= 11 is 0. The Kier molecular flexibility index (Phi) is 4.38. The number of halogens is 2. The van der Waals surface area contributed by atoms with E-state index in [1.807, 2.05) is 0 Å². The zero-order valence-electron chi connectivity index (χ0n) is 8.34. The zero-order valence-corrected chi connectivity index (χ0v) is 8.34. The van der Waals surface area contributed by atoms with Crippen molar-refractivity contribution in [2.45, 2.75) is 6.04 Å². The quantitative estimate of drug-likeness (QED) is 0.764. The molecular formula is C9H13F2N3O. The first-order valence-electron chi connectivity index (χ1n) is 4.44. The van der Waals surface area contributed by atoms with Crippen LogP contribution in [0.4, 0.5) is 14.6 Å². The van der Waals surface area contributed by atoms with Crippen LogP contribution >= 0.6 is 0 Å². The molecule has 0 aliphatic heterocycles. The van der Waals surface area contributed by atoms with Crippen LogP contribution in [0.1, 0.15) is 0 Å². The summed E-state index contributed by atoms with van der Waals surface area (Å²) in [5.74, 6) is -1.48. The number of rotatable bonds is 5. The summed E-state index contributed by atoms with van der Waals surface area (Å²) in [7, 11) is 1.51. The lowest BCUT2D eigenvalue weighted by atomic mass is 10.3. The Morgan fingerprint density at radius 2 is 2.33 bits per heavy atom. The van der Waals surface area contributed by atoms with E-state index in [-0.39, 0.29) is 18.4 Å². The van der Waals surface area contributed by atoms with Gasteiger partial charge in [-0.1, -0.05) is 0 Å². The molecule has 0 aromatic carbocycles. The second-order valence-corrected chi connectivity index (χ2v) is 3.02. The maximum atomic E-state index is 13.1. The van der Waals surface area contributed by atoms with Gasteiger partial charge in [0, 0.05) is 19.7 Å². The van der Waals surface area contributed by atoms with Crippen LogP contribution in [0.3, 0.4) is 0 Å². The Balaban J connectivity index is 2.70. The molecule has 1 rings (SSSR count). The fourth-order valence-corrected chi connectivity index (χ4v) is 1.08. The third-order valence-corrected chi connectivity index (χ3v) is 1.80. The van der Waals surface area contributed by atoms with Crippen molar-refractivity contribution in [2.24, 2.45) is 5.73 Å². The van der Waals surface area contributed by atoms with E-state index >= 15 is 0 Å². The van der Waals surface area contributed by atoms with Crippen molar-refractivity contribution in [2.75, 3.05) is 25.6 Å². The Hall–Kier alpha value is -1.27. The summed E-state index contributed by atoms with van der Waals surface area (Å²) in [6.07, 6.45) is 0.936. The predicted octanol–water partition coefficient (Wildman–Crippen LogP) is 0.745. The standard InChI is InChI=1S/C9H13F2N3O/c1-15-5-7(3-12)14-9-8(11)2-6(10)4-13-9/h2,4,7H,3,5,12H2,1H3,(H,13,14). The lowest BCUT2D eigenvalue weighted by molar-refractivity contribution is 0.187. The average molecular weight is 217 g/mol. The second-order valence-electron chi connectivity index (χ2n) is 3.02. The SMILES string of the molecule is COCC(CN)Nc1ncc(F)cc1F. The first kappa shape index (κ1) is 11.8. The van der Waals surface area contributed by atoms with Crippen LogP contribution in [0.2, 0.25) is 0 Å². The van der Waals surface area contributed by atoms with Crippen LogP contribution in [0, 0.1) is 11.6 Å². The summed E-state index contributed by atoms with van der Waals surface area (Å²) < 4.78 is 30.5. The molecule has 84 valence electrons. The highest BCUT2D eigenvalue weighted by molar-refractivity contribution is 5.37. The average Bonchev–Trinajstić information content (AvgIpc) is 2.21. The van der Waals surface area contributed by atoms with Gasteiger partial charge in [0.2, 0.25) is 0 Å². The third kappa shape index (κ3) is 3.41. The molecule has 0 fully saturated rings. The van der Waals surface area contributed by atoms with Crippen molar-refractivity contribution in [1.29, 1.82) is 0 Å². The fourth-order valence-electron chi connectivity index (χ4n) is 1.08. The number of ether oxygens (including phenoxy) is 1. The first-order chi connectivity index (χ1) is 7.17. The molecular weight excluding hydrogens is 204 g/mol. The van der Waals surface area contributed by atoms with Crippen LogP contribution in [0.15, 0.2) is 12.3 Å². The molecule has 0 spiro atoms. The van der Waals surface area contributed by atoms with Gasteiger partial charge in [-0.05, 0) is 0 Å². The van der Waals surface area contributed by atoms with Crippen molar-refractivity contribution in [3.05, 3.63) is 23.9 Å². The van der Waals surface area contributed by atoms with Crippen molar-refractivity contribution < 1.29 is 13.5 Å². The van der Waals surface area contributed by atoms with Gasteiger partial charge >= 0.3 is 0 Å². The number of anilines is 1. The third-order valence-electron chi connectivity index (χ3n) is 1.80. The van der Waals surface area contributed by atoms with Gasteiger partial charge in [-0.3, -0.25) is 0 Å². The lowest BCUT2D eigenvalue weighted by Gasteiger charge is -2.16. The highest BCUT2D eigenvalue weighted by atomic mass is 19.1. The number of pyridine rings is 1. The van der Waals surface area contributed by atoms with Gasteiger partial charge in [0.15, 0.2) is 11.6 Å². The second kappa shape index (κ2) is 5.57. The maximum Gasteiger partial charge on any atom is 0.168 e. The molecule has 0 radical (unpaired) electrons. The lowest BCUT2D eigenvalue weighted by Crippen LogP contribution is -2.33. The van der Waals surface area contributed by atoms with Gasteiger partial charge in [0.25, 0.3) is 0 Å².